The highest BCUT2D eigenvalue weighted by Gasteiger charge is 2.47. The van der Waals surface area contributed by atoms with E-state index in [1.165, 1.54) is 24.1 Å². The van der Waals surface area contributed by atoms with E-state index in [0.29, 0.717) is 5.52 Å². The minimum Gasteiger partial charge on any atom is -0.477 e. The summed E-state index contributed by atoms with van der Waals surface area (Å²) in [7, 11) is 0. The summed E-state index contributed by atoms with van der Waals surface area (Å²) in [5, 5.41) is 11.1. The SMILES string of the molecule is CC1(NC(=O)C(F)(F)F)CN(c2cc3c(cc2F)c(=O)c(C(=O)O)cn3C2CC2)C1. The number of pyridine rings is 1. The smallest absolute Gasteiger partial charge is 0.471 e. The molecule has 0 spiro atoms. The Kier molecular flexibility index (Phi) is 4.33. The molecule has 1 amide bonds. The van der Waals surface area contributed by atoms with Gasteiger partial charge in [-0.1, -0.05) is 0 Å². The van der Waals surface area contributed by atoms with Crippen molar-refractivity contribution in [1.29, 1.82) is 0 Å². The predicted molar refractivity (Wildman–Crippen MR) is 98.2 cm³/mol. The van der Waals surface area contributed by atoms with Gasteiger partial charge in [-0.05, 0) is 31.9 Å². The van der Waals surface area contributed by atoms with E-state index in [-0.39, 0.29) is 30.2 Å². The molecular formula is C19H17F4N3O4. The van der Waals surface area contributed by atoms with Gasteiger partial charge in [0.25, 0.3) is 0 Å². The van der Waals surface area contributed by atoms with Gasteiger partial charge >= 0.3 is 18.1 Å². The van der Waals surface area contributed by atoms with Crippen molar-refractivity contribution < 1.29 is 32.3 Å². The number of halogens is 4. The number of nitrogens with zero attached hydrogens (tertiary/aromatic N) is 2. The van der Waals surface area contributed by atoms with Crippen LogP contribution in [0.15, 0.2) is 23.1 Å². The number of carboxylic acid groups (broad SMARTS) is 1. The lowest BCUT2D eigenvalue weighted by Gasteiger charge is -2.49. The molecule has 7 nitrogen and oxygen atoms in total. The highest BCUT2D eigenvalue weighted by molar-refractivity contribution is 5.93. The van der Waals surface area contributed by atoms with E-state index < -0.39 is 40.4 Å². The second-order valence-electron chi connectivity index (χ2n) is 8.00. The van der Waals surface area contributed by atoms with Crippen LogP contribution in [0.2, 0.25) is 0 Å². The van der Waals surface area contributed by atoms with Crippen molar-refractivity contribution in [2.24, 2.45) is 0 Å². The molecule has 0 bridgehead atoms. The molecule has 0 radical (unpaired) electrons. The van der Waals surface area contributed by atoms with Gasteiger partial charge in [0, 0.05) is 30.7 Å². The molecule has 1 aliphatic carbocycles. The largest absolute Gasteiger partial charge is 0.477 e. The molecule has 2 aliphatic rings. The molecule has 4 rings (SSSR count). The minimum absolute atomic E-state index is 0.00255. The van der Waals surface area contributed by atoms with E-state index in [4.69, 9.17) is 0 Å². The topological polar surface area (TPSA) is 91.6 Å². The number of hydrogen-bond donors (Lipinski definition) is 2. The van der Waals surface area contributed by atoms with Gasteiger partial charge < -0.3 is 19.9 Å². The fourth-order valence-electron chi connectivity index (χ4n) is 3.80. The number of carbonyl (C=O) groups is 2. The van der Waals surface area contributed by atoms with Crippen molar-refractivity contribution in [3.8, 4) is 0 Å². The Morgan fingerprint density at radius 1 is 1.23 bits per heavy atom. The summed E-state index contributed by atoms with van der Waals surface area (Å²) in [6.45, 7) is 1.31. The first-order valence-electron chi connectivity index (χ1n) is 9.15. The fourth-order valence-corrected chi connectivity index (χ4v) is 3.80. The van der Waals surface area contributed by atoms with Gasteiger partial charge in [-0.25, -0.2) is 9.18 Å². The van der Waals surface area contributed by atoms with Gasteiger partial charge in [0.1, 0.15) is 11.4 Å². The molecule has 2 heterocycles. The van der Waals surface area contributed by atoms with Crippen LogP contribution in [0.5, 0.6) is 0 Å². The first kappa shape index (κ1) is 20.2. The summed E-state index contributed by atoms with van der Waals surface area (Å²) < 4.78 is 53.9. The lowest BCUT2D eigenvalue weighted by atomic mass is 9.91. The molecule has 160 valence electrons. The molecule has 30 heavy (non-hydrogen) atoms. The standard InChI is InChI=1S/C19H17F4N3O4/c1-18(24-17(30)19(21,22)23)7-25(8-18)14-5-13-10(4-12(14)20)15(27)11(16(28)29)6-26(13)9-2-3-9/h4-6,9H,2-3,7-8H2,1H3,(H,24,30)(H,28,29). The van der Waals surface area contributed by atoms with Gasteiger partial charge in [0.2, 0.25) is 5.43 Å². The van der Waals surface area contributed by atoms with E-state index in [9.17, 15) is 37.1 Å². The summed E-state index contributed by atoms with van der Waals surface area (Å²) >= 11 is 0. The number of fused-ring (bicyclic) bond motifs is 1. The van der Waals surface area contributed by atoms with Crippen LogP contribution in [-0.4, -0.2) is 46.4 Å². The Balaban J connectivity index is 1.69. The molecule has 2 fully saturated rings. The van der Waals surface area contributed by atoms with E-state index in [0.717, 1.165) is 18.9 Å². The first-order chi connectivity index (χ1) is 13.9. The maximum atomic E-state index is 14.8. The summed E-state index contributed by atoms with van der Waals surface area (Å²) in [5.74, 6) is -4.26. The summed E-state index contributed by atoms with van der Waals surface area (Å²) in [5.41, 5.74) is -2.01. The van der Waals surface area contributed by atoms with Gasteiger partial charge in [0.15, 0.2) is 0 Å². The molecule has 1 aromatic heterocycles. The number of benzene rings is 1. The number of carboxylic acids is 1. The van der Waals surface area contributed by atoms with Crippen LogP contribution in [0.3, 0.4) is 0 Å². The van der Waals surface area contributed by atoms with Crippen LogP contribution in [0, 0.1) is 5.82 Å². The number of alkyl halides is 3. The third-order valence-corrected chi connectivity index (χ3v) is 5.36. The number of rotatable bonds is 4. The van der Waals surface area contributed by atoms with E-state index in [2.05, 4.69) is 0 Å². The number of hydrogen-bond acceptors (Lipinski definition) is 4. The Bertz CT molecular complexity index is 1130. The maximum Gasteiger partial charge on any atom is 0.471 e. The molecular weight excluding hydrogens is 410 g/mol. The molecule has 1 aliphatic heterocycles. The Hall–Kier alpha value is -3.11. The van der Waals surface area contributed by atoms with E-state index in [1.54, 1.807) is 4.57 Å². The number of aromatic carboxylic acids is 1. The molecule has 1 saturated carbocycles. The van der Waals surface area contributed by atoms with Crippen LogP contribution < -0.4 is 15.6 Å². The number of aromatic nitrogens is 1. The molecule has 11 heteroatoms. The summed E-state index contributed by atoms with van der Waals surface area (Å²) in [6, 6.07) is 2.36. The maximum absolute atomic E-state index is 14.8. The third-order valence-electron chi connectivity index (χ3n) is 5.36. The average Bonchev–Trinajstić information content (AvgIpc) is 3.43. The number of anilines is 1. The average molecular weight is 427 g/mol. The van der Waals surface area contributed by atoms with Crippen molar-refractivity contribution in [2.75, 3.05) is 18.0 Å². The third kappa shape index (κ3) is 3.37. The van der Waals surface area contributed by atoms with Crippen molar-refractivity contribution in [3.63, 3.8) is 0 Å². The van der Waals surface area contributed by atoms with Crippen LogP contribution in [0.25, 0.3) is 10.9 Å². The lowest BCUT2D eigenvalue weighted by molar-refractivity contribution is -0.175. The van der Waals surface area contributed by atoms with Crippen molar-refractivity contribution >= 4 is 28.5 Å². The number of nitrogens with one attached hydrogen (secondary N) is 1. The number of carbonyl (C=O) groups excluding carboxylic acids is 1. The van der Waals surface area contributed by atoms with E-state index in [1.807, 2.05) is 5.32 Å². The molecule has 1 saturated heterocycles. The zero-order valence-electron chi connectivity index (χ0n) is 15.7. The highest BCUT2D eigenvalue weighted by atomic mass is 19.4. The Labute approximate surface area is 166 Å². The van der Waals surface area contributed by atoms with Crippen molar-refractivity contribution in [1.82, 2.24) is 9.88 Å². The second-order valence-corrected chi connectivity index (χ2v) is 8.00. The summed E-state index contributed by atoms with van der Waals surface area (Å²) in [4.78, 5) is 36.5. The Morgan fingerprint density at radius 2 is 1.87 bits per heavy atom. The van der Waals surface area contributed by atoms with Gasteiger partial charge in [-0.2, -0.15) is 13.2 Å². The minimum atomic E-state index is -5.01. The van der Waals surface area contributed by atoms with Gasteiger partial charge in [-0.15, -0.1) is 0 Å². The van der Waals surface area contributed by atoms with E-state index >= 15 is 0 Å². The van der Waals surface area contributed by atoms with Crippen LogP contribution in [0.1, 0.15) is 36.2 Å². The van der Waals surface area contributed by atoms with Crippen LogP contribution >= 0.6 is 0 Å². The van der Waals surface area contributed by atoms with Crippen LogP contribution in [-0.2, 0) is 4.79 Å². The zero-order valence-corrected chi connectivity index (χ0v) is 15.7. The zero-order chi connectivity index (χ0) is 22.0. The molecule has 2 aromatic rings. The monoisotopic (exact) mass is 427 g/mol. The summed E-state index contributed by atoms with van der Waals surface area (Å²) in [6.07, 6.45) is -2.19. The first-order valence-corrected chi connectivity index (χ1v) is 9.15. The van der Waals surface area contributed by atoms with Crippen molar-refractivity contribution in [3.05, 3.63) is 39.9 Å². The van der Waals surface area contributed by atoms with Gasteiger partial charge in [0.05, 0.1) is 16.7 Å². The molecule has 0 unspecified atom stereocenters. The van der Waals surface area contributed by atoms with Crippen molar-refractivity contribution in [2.45, 2.75) is 37.5 Å². The lowest BCUT2D eigenvalue weighted by Crippen LogP contribution is -2.70. The highest BCUT2D eigenvalue weighted by Crippen LogP contribution is 2.39. The van der Waals surface area contributed by atoms with Gasteiger partial charge in [-0.3, -0.25) is 9.59 Å². The second kappa shape index (κ2) is 6.44. The molecule has 2 N–H and O–H groups in total. The quantitative estimate of drug-likeness (QED) is 0.732. The Morgan fingerprint density at radius 3 is 2.40 bits per heavy atom. The normalized spacial score (nSPS) is 18.2. The predicted octanol–water partition coefficient (Wildman–Crippen LogP) is 2.43. The molecule has 1 aromatic carbocycles. The fraction of sp³-hybridized carbons (Fsp3) is 0.421. The van der Waals surface area contributed by atoms with Crippen LogP contribution in [0.4, 0.5) is 23.2 Å². The molecule has 0 atom stereocenters. The number of amides is 1.